The molecule has 4 heteroatoms. The van der Waals surface area contributed by atoms with Gasteiger partial charge < -0.3 is 10.1 Å². The van der Waals surface area contributed by atoms with Gasteiger partial charge >= 0.3 is 5.97 Å². The quantitative estimate of drug-likeness (QED) is 0.661. The van der Waals surface area contributed by atoms with Crippen LogP contribution in [0.2, 0.25) is 0 Å². The van der Waals surface area contributed by atoms with Crippen LogP contribution in [0.4, 0.5) is 0 Å². The van der Waals surface area contributed by atoms with Gasteiger partial charge in [-0.25, -0.2) is 4.79 Å². The molecule has 0 aliphatic heterocycles. The Balaban J connectivity index is 2.11. The molecule has 0 saturated carbocycles. The minimum atomic E-state index is -0.689. The maximum Gasteiger partial charge on any atom is 0.329 e. The van der Waals surface area contributed by atoms with Crippen molar-refractivity contribution in [3.63, 3.8) is 0 Å². The molecule has 2 aromatic rings. The van der Waals surface area contributed by atoms with E-state index in [4.69, 9.17) is 4.74 Å². The maximum absolute atomic E-state index is 12.6. The van der Waals surface area contributed by atoms with Crippen LogP contribution in [0.5, 0.6) is 0 Å². The monoisotopic (exact) mass is 381 g/mol. The van der Waals surface area contributed by atoms with Gasteiger partial charge in [-0.15, -0.1) is 0 Å². The molecule has 0 aliphatic carbocycles. The summed E-state index contributed by atoms with van der Waals surface area (Å²) in [6.07, 6.45) is 2.56. The van der Waals surface area contributed by atoms with Crippen molar-refractivity contribution in [1.29, 1.82) is 0 Å². The summed E-state index contributed by atoms with van der Waals surface area (Å²) in [5.41, 5.74) is 2.64. The highest BCUT2D eigenvalue weighted by molar-refractivity contribution is 5.85. The second-order valence-electron chi connectivity index (χ2n) is 8.02. The predicted octanol–water partition coefficient (Wildman–Crippen LogP) is 4.91. The Morgan fingerprint density at radius 3 is 2.14 bits per heavy atom. The summed E-state index contributed by atoms with van der Waals surface area (Å²) >= 11 is 0. The Labute approximate surface area is 168 Å². The van der Waals surface area contributed by atoms with Crippen LogP contribution in [0.1, 0.15) is 52.5 Å². The lowest BCUT2D eigenvalue weighted by Gasteiger charge is -2.24. The van der Waals surface area contributed by atoms with Crippen molar-refractivity contribution in [1.82, 2.24) is 5.32 Å². The van der Waals surface area contributed by atoms with Crippen LogP contribution in [0, 0.1) is 0 Å². The number of benzene rings is 2. The van der Waals surface area contributed by atoms with E-state index < -0.39 is 17.6 Å². The first-order valence-electron chi connectivity index (χ1n) is 9.95. The molecule has 4 nitrogen and oxygen atoms in total. The third-order valence-electron chi connectivity index (χ3n) is 4.28. The van der Waals surface area contributed by atoms with Crippen molar-refractivity contribution in [3.05, 3.63) is 60.2 Å². The molecule has 0 aliphatic rings. The van der Waals surface area contributed by atoms with E-state index in [2.05, 4.69) is 17.4 Å². The number of ether oxygens (including phenoxy) is 1. The molecule has 0 bridgehead atoms. The summed E-state index contributed by atoms with van der Waals surface area (Å²) in [4.78, 5) is 24.8. The van der Waals surface area contributed by atoms with Gasteiger partial charge in [0, 0.05) is 12.8 Å². The zero-order valence-corrected chi connectivity index (χ0v) is 17.3. The van der Waals surface area contributed by atoms with Crippen molar-refractivity contribution in [2.24, 2.45) is 0 Å². The Morgan fingerprint density at radius 1 is 0.964 bits per heavy atom. The normalized spacial score (nSPS) is 12.3. The Hall–Kier alpha value is -2.62. The van der Waals surface area contributed by atoms with Gasteiger partial charge in [-0.2, -0.15) is 0 Å². The molecule has 1 amide bonds. The molecule has 2 aromatic carbocycles. The summed E-state index contributed by atoms with van der Waals surface area (Å²) < 4.78 is 5.52. The second-order valence-corrected chi connectivity index (χ2v) is 8.02. The third kappa shape index (κ3) is 7.18. The number of hydrogen-bond donors (Lipinski definition) is 1. The van der Waals surface area contributed by atoms with E-state index in [1.807, 2.05) is 70.2 Å². The third-order valence-corrected chi connectivity index (χ3v) is 4.28. The van der Waals surface area contributed by atoms with Crippen molar-refractivity contribution in [2.75, 3.05) is 0 Å². The van der Waals surface area contributed by atoms with Gasteiger partial charge in [0.1, 0.15) is 11.6 Å². The van der Waals surface area contributed by atoms with Gasteiger partial charge in [0.2, 0.25) is 5.91 Å². The number of esters is 1. The number of carbonyl (C=O) groups excluding carboxylic acids is 2. The lowest BCUT2D eigenvalue weighted by molar-refractivity contribution is -0.158. The molecule has 1 unspecified atom stereocenters. The van der Waals surface area contributed by atoms with Gasteiger partial charge in [-0.05, 0) is 43.9 Å². The molecule has 0 spiro atoms. The average Bonchev–Trinajstić information content (AvgIpc) is 2.66. The fourth-order valence-corrected chi connectivity index (χ4v) is 2.87. The van der Waals surface area contributed by atoms with Crippen LogP contribution in [0.25, 0.3) is 11.1 Å². The van der Waals surface area contributed by atoms with E-state index >= 15 is 0 Å². The van der Waals surface area contributed by atoms with Gasteiger partial charge in [-0.3, -0.25) is 4.79 Å². The predicted molar refractivity (Wildman–Crippen MR) is 113 cm³/mol. The fourth-order valence-electron chi connectivity index (χ4n) is 2.87. The first kappa shape index (κ1) is 21.7. The van der Waals surface area contributed by atoms with Crippen molar-refractivity contribution in [3.8, 4) is 11.1 Å². The largest absolute Gasteiger partial charge is 0.458 e. The number of rotatable bonds is 8. The van der Waals surface area contributed by atoms with Crippen molar-refractivity contribution < 1.29 is 14.3 Å². The van der Waals surface area contributed by atoms with Crippen LogP contribution < -0.4 is 5.32 Å². The van der Waals surface area contributed by atoms with E-state index in [-0.39, 0.29) is 5.91 Å². The first-order valence-corrected chi connectivity index (χ1v) is 9.95. The van der Waals surface area contributed by atoms with Crippen LogP contribution in [-0.2, 0) is 20.7 Å². The smallest absolute Gasteiger partial charge is 0.329 e. The van der Waals surface area contributed by atoms with Crippen LogP contribution in [0.15, 0.2) is 54.6 Å². The minimum Gasteiger partial charge on any atom is -0.458 e. The zero-order chi connectivity index (χ0) is 20.6. The minimum absolute atomic E-state index is 0.112. The first-order chi connectivity index (χ1) is 13.3. The van der Waals surface area contributed by atoms with Gasteiger partial charge in [-0.1, -0.05) is 67.9 Å². The number of unbranched alkanes of at least 4 members (excludes halogenated alkanes) is 1. The highest BCUT2D eigenvalue weighted by Crippen LogP contribution is 2.20. The van der Waals surface area contributed by atoms with Gasteiger partial charge in [0.05, 0.1) is 0 Å². The Bertz CT molecular complexity index is 761. The van der Waals surface area contributed by atoms with E-state index in [0.29, 0.717) is 12.8 Å². The van der Waals surface area contributed by atoms with E-state index in [9.17, 15) is 9.59 Å². The number of amides is 1. The summed E-state index contributed by atoms with van der Waals surface area (Å²) in [5.74, 6) is -0.511. The number of carbonyl (C=O) groups is 2. The van der Waals surface area contributed by atoms with Crippen molar-refractivity contribution in [2.45, 2.75) is 65.0 Å². The molecule has 150 valence electrons. The maximum atomic E-state index is 12.6. The zero-order valence-electron chi connectivity index (χ0n) is 17.3. The van der Waals surface area contributed by atoms with E-state index in [1.165, 1.54) is 0 Å². The Kier molecular flexibility index (Phi) is 7.80. The highest BCUT2D eigenvalue weighted by Gasteiger charge is 2.26. The average molecular weight is 382 g/mol. The summed E-state index contributed by atoms with van der Waals surface area (Å²) in [7, 11) is 0. The fraction of sp³-hybridized carbons (Fsp3) is 0.417. The van der Waals surface area contributed by atoms with Crippen LogP contribution >= 0.6 is 0 Å². The topological polar surface area (TPSA) is 55.4 Å². The van der Waals surface area contributed by atoms with Gasteiger partial charge in [0.25, 0.3) is 0 Å². The van der Waals surface area contributed by atoms with Gasteiger partial charge in [0.15, 0.2) is 0 Å². The van der Waals surface area contributed by atoms with E-state index in [1.54, 1.807) is 0 Å². The highest BCUT2D eigenvalue weighted by atomic mass is 16.6. The van der Waals surface area contributed by atoms with Crippen molar-refractivity contribution >= 4 is 11.9 Å². The molecule has 2 rings (SSSR count). The summed E-state index contributed by atoms with van der Waals surface area (Å²) in [5, 5.41) is 2.86. The number of nitrogens with one attached hydrogen (secondary N) is 1. The number of hydrogen-bond acceptors (Lipinski definition) is 3. The molecule has 28 heavy (non-hydrogen) atoms. The Morgan fingerprint density at radius 2 is 1.57 bits per heavy atom. The lowest BCUT2D eigenvalue weighted by Crippen LogP contribution is -2.45. The van der Waals surface area contributed by atoms with Crippen LogP contribution in [-0.4, -0.2) is 23.5 Å². The lowest BCUT2D eigenvalue weighted by atomic mass is 10.0. The van der Waals surface area contributed by atoms with E-state index in [0.717, 1.165) is 29.5 Å². The molecule has 0 aromatic heterocycles. The molecule has 0 radical (unpaired) electrons. The summed E-state index contributed by atoms with van der Waals surface area (Å²) in [6, 6.07) is 17.5. The molecule has 1 N–H and O–H groups in total. The molecular weight excluding hydrogens is 350 g/mol. The molecule has 0 fully saturated rings. The molecule has 0 saturated heterocycles. The summed E-state index contributed by atoms with van der Waals surface area (Å²) in [6.45, 7) is 7.52. The molecular formula is C24H31NO3. The molecule has 1 atom stereocenters. The second kappa shape index (κ2) is 10.1. The molecule has 0 heterocycles. The SMILES string of the molecule is CCCCC(=O)NC(Cc1ccc(-c2ccccc2)cc1)C(=O)OC(C)(C)C. The van der Waals surface area contributed by atoms with Crippen LogP contribution in [0.3, 0.4) is 0 Å². The standard InChI is InChI=1S/C24H31NO3/c1-5-6-12-22(26)25-21(23(27)28-24(2,3)4)17-18-13-15-20(16-14-18)19-10-8-7-9-11-19/h7-11,13-16,21H,5-6,12,17H2,1-4H3,(H,25,26).